The Balaban J connectivity index is 1.98. The highest BCUT2D eigenvalue weighted by molar-refractivity contribution is 5.79. The zero-order chi connectivity index (χ0) is 16.5. The maximum Gasteiger partial charge on any atom is 0.191 e. The Morgan fingerprint density at radius 1 is 1.22 bits per heavy atom. The standard InChI is InChI=1S/C17H26N6/c1-4-6-9-20-17(18-5-2)22-13-15-7-8-16(21-12-15)23-11-10-19-14(23)3/h7-8,10-12H,4-6,9,13H2,1-3H3,(H2,18,20,22). The number of unbranched alkanes of at least 4 members (excludes halogenated alkanes) is 1. The van der Waals surface area contributed by atoms with Crippen LogP contribution in [0.15, 0.2) is 35.7 Å². The van der Waals surface area contributed by atoms with Crippen molar-refractivity contribution < 1.29 is 0 Å². The van der Waals surface area contributed by atoms with Crippen LogP contribution in [0.1, 0.15) is 38.1 Å². The van der Waals surface area contributed by atoms with E-state index in [4.69, 9.17) is 0 Å². The minimum atomic E-state index is 0.609. The highest BCUT2D eigenvalue weighted by Crippen LogP contribution is 2.08. The molecule has 2 aromatic heterocycles. The van der Waals surface area contributed by atoms with Crippen molar-refractivity contribution in [1.29, 1.82) is 0 Å². The van der Waals surface area contributed by atoms with Crippen LogP contribution in [-0.2, 0) is 6.54 Å². The predicted octanol–water partition coefficient (Wildman–Crippen LogP) is 2.43. The normalized spacial score (nSPS) is 11.5. The molecule has 0 bridgehead atoms. The number of nitrogens with one attached hydrogen (secondary N) is 2. The molecule has 0 aromatic carbocycles. The van der Waals surface area contributed by atoms with Gasteiger partial charge in [0.25, 0.3) is 0 Å². The number of imidazole rings is 1. The fourth-order valence-electron chi connectivity index (χ4n) is 2.17. The summed E-state index contributed by atoms with van der Waals surface area (Å²) in [7, 11) is 0. The van der Waals surface area contributed by atoms with Crippen molar-refractivity contribution in [3.63, 3.8) is 0 Å². The third kappa shape index (κ3) is 5.09. The second-order valence-corrected chi connectivity index (χ2v) is 5.34. The lowest BCUT2D eigenvalue weighted by Gasteiger charge is -2.10. The molecule has 0 aliphatic carbocycles. The molecule has 0 saturated carbocycles. The molecule has 0 amide bonds. The van der Waals surface area contributed by atoms with Crippen LogP contribution in [-0.4, -0.2) is 33.6 Å². The van der Waals surface area contributed by atoms with Crippen LogP contribution in [0.5, 0.6) is 0 Å². The Bertz CT molecular complexity index is 614. The van der Waals surface area contributed by atoms with Crippen molar-refractivity contribution in [2.45, 2.75) is 40.2 Å². The van der Waals surface area contributed by atoms with Gasteiger partial charge in [-0.3, -0.25) is 4.57 Å². The summed E-state index contributed by atoms with van der Waals surface area (Å²) in [5.41, 5.74) is 1.08. The quantitative estimate of drug-likeness (QED) is 0.468. The fraction of sp³-hybridized carbons (Fsp3) is 0.471. The Kier molecular flexibility index (Phi) is 6.59. The molecule has 0 aliphatic heterocycles. The van der Waals surface area contributed by atoms with Crippen LogP contribution in [0.25, 0.3) is 5.82 Å². The number of nitrogens with zero attached hydrogens (tertiary/aromatic N) is 4. The maximum absolute atomic E-state index is 4.60. The Morgan fingerprint density at radius 3 is 2.70 bits per heavy atom. The van der Waals surface area contributed by atoms with Crippen molar-refractivity contribution in [1.82, 2.24) is 25.2 Å². The van der Waals surface area contributed by atoms with Gasteiger partial charge >= 0.3 is 0 Å². The first-order chi connectivity index (χ1) is 11.2. The number of guanidine groups is 1. The molecular weight excluding hydrogens is 288 g/mol. The van der Waals surface area contributed by atoms with Gasteiger partial charge in [0.15, 0.2) is 5.96 Å². The molecule has 6 heteroatoms. The summed E-state index contributed by atoms with van der Waals surface area (Å²) in [6.45, 7) is 8.62. The molecular formula is C17H26N6. The van der Waals surface area contributed by atoms with Gasteiger partial charge in [0.2, 0.25) is 0 Å². The zero-order valence-electron chi connectivity index (χ0n) is 14.2. The monoisotopic (exact) mass is 314 g/mol. The number of aliphatic imine (C=N–C) groups is 1. The lowest BCUT2D eigenvalue weighted by Crippen LogP contribution is -2.37. The van der Waals surface area contributed by atoms with Crippen molar-refractivity contribution in [2.24, 2.45) is 4.99 Å². The molecule has 124 valence electrons. The van der Waals surface area contributed by atoms with Crippen molar-refractivity contribution in [2.75, 3.05) is 13.1 Å². The predicted molar refractivity (Wildman–Crippen MR) is 93.8 cm³/mol. The second-order valence-electron chi connectivity index (χ2n) is 5.34. The van der Waals surface area contributed by atoms with Gasteiger partial charge in [-0.25, -0.2) is 15.0 Å². The Hall–Kier alpha value is -2.37. The molecule has 0 spiro atoms. The molecule has 6 nitrogen and oxygen atoms in total. The Labute approximate surface area is 138 Å². The summed E-state index contributed by atoms with van der Waals surface area (Å²) in [4.78, 5) is 13.3. The average Bonchev–Trinajstić information content (AvgIpc) is 2.99. The van der Waals surface area contributed by atoms with E-state index in [1.165, 1.54) is 6.42 Å². The minimum absolute atomic E-state index is 0.609. The summed E-state index contributed by atoms with van der Waals surface area (Å²) in [5.74, 6) is 2.66. The molecule has 0 radical (unpaired) electrons. The van der Waals surface area contributed by atoms with E-state index in [-0.39, 0.29) is 0 Å². The van der Waals surface area contributed by atoms with Crippen LogP contribution in [0.4, 0.5) is 0 Å². The lowest BCUT2D eigenvalue weighted by atomic mass is 10.3. The number of hydrogen-bond donors (Lipinski definition) is 2. The first-order valence-corrected chi connectivity index (χ1v) is 8.22. The maximum atomic E-state index is 4.60. The number of aromatic nitrogens is 3. The van der Waals surface area contributed by atoms with Crippen LogP contribution < -0.4 is 10.6 Å². The Morgan fingerprint density at radius 2 is 2.09 bits per heavy atom. The molecule has 2 aromatic rings. The summed E-state index contributed by atoms with van der Waals surface area (Å²) in [6, 6.07) is 4.05. The average molecular weight is 314 g/mol. The molecule has 2 N–H and O–H groups in total. The van der Waals surface area contributed by atoms with Crippen molar-refractivity contribution in [3.05, 3.63) is 42.1 Å². The van der Waals surface area contributed by atoms with E-state index < -0.39 is 0 Å². The van der Waals surface area contributed by atoms with Crippen molar-refractivity contribution in [3.8, 4) is 5.82 Å². The lowest BCUT2D eigenvalue weighted by molar-refractivity contribution is 0.730. The van der Waals surface area contributed by atoms with Gasteiger partial charge in [-0.1, -0.05) is 19.4 Å². The van der Waals surface area contributed by atoms with Crippen molar-refractivity contribution >= 4 is 5.96 Å². The van der Waals surface area contributed by atoms with E-state index in [0.717, 1.165) is 42.7 Å². The summed E-state index contributed by atoms with van der Waals surface area (Å²) in [5, 5.41) is 6.60. The molecule has 2 rings (SSSR count). The molecule has 0 aliphatic rings. The molecule has 0 saturated heterocycles. The number of pyridine rings is 1. The highest BCUT2D eigenvalue weighted by atomic mass is 15.2. The van der Waals surface area contributed by atoms with E-state index in [1.807, 2.05) is 30.0 Å². The highest BCUT2D eigenvalue weighted by Gasteiger charge is 2.02. The third-order valence-electron chi connectivity index (χ3n) is 3.47. The third-order valence-corrected chi connectivity index (χ3v) is 3.47. The zero-order valence-corrected chi connectivity index (χ0v) is 14.2. The van der Waals surface area contributed by atoms with E-state index in [2.05, 4.69) is 45.5 Å². The molecule has 2 heterocycles. The van der Waals surface area contributed by atoms with Gasteiger partial charge in [0, 0.05) is 31.7 Å². The van der Waals surface area contributed by atoms with Gasteiger partial charge in [0.05, 0.1) is 6.54 Å². The van der Waals surface area contributed by atoms with Gasteiger partial charge in [-0.2, -0.15) is 0 Å². The van der Waals surface area contributed by atoms with E-state index in [9.17, 15) is 0 Å². The van der Waals surface area contributed by atoms with Gasteiger partial charge < -0.3 is 10.6 Å². The van der Waals surface area contributed by atoms with Gasteiger partial charge in [-0.05, 0) is 31.9 Å². The first-order valence-electron chi connectivity index (χ1n) is 8.22. The van der Waals surface area contributed by atoms with E-state index in [1.54, 1.807) is 6.20 Å². The van der Waals surface area contributed by atoms with E-state index >= 15 is 0 Å². The number of hydrogen-bond acceptors (Lipinski definition) is 3. The van der Waals surface area contributed by atoms with Crippen LogP contribution in [0, 0.1) is 6.92 Å². The smallest absolute Gasteiger partial charge is 0.191 e. The summed E-state index contributed by atoms with van der Waals surface area (Å²) < 4.78 is 1.96. The molecule has 0 unspecified atom stereocenters. The number of rotatable bonds is 7. The first kappa shape index (κ1) is 17.0. The topological polar surface area (TPSA) is 67.1 Å². The number of aryl methyl sites for hydroxylation is 1. The van der Waals surface area contributed by atoms with Crippen LogP contribution >= 0.6 is 0 Å². The van der Waals surface area contributed by atoms with Crippen LogP contribution in [0.2, 0.25) is 0 Å². The summed E-state index contributed by atoms with van der Waals surface area (Å²) >= 11 is 0. The van der Waals surface area contributed by atoms with Gasteiger partial charge in [-0.15, -0.1) is 0 Å². The SMILES string of the molecule is CCCCNC(=NCc1ccc(-n2ccnc2C)nc1)NCC. The minimum Gasteiger partial charge on any atom is -0.357 e. The largest absolute Gasteiger partial charge is 0.357 e. The van der Waals surface area contributed by atoms with E-state index in [0.29, 0.717) is 6.54 Å². The second kappa shape index (κ2) is 8.92. The molecule has 0 fully saturated rings. The van der Waals surface area contributed by atoms with Crippen LogP contribution in [0.3, 0.4) is 0 Å². The summed E-state index contributed by atoms with van der Waals surface area (Å²) in [6.07, 6.45) is 7.88. The molecule has 23 heavy (non-hydrogen) atoms. The van der Waals surface area contributed by atoms with Gasteiger partial charge in [0.1, 0.15) is 11.6 Å². The molecule has 0 atom stereocenters. The fourth-order valence-corrected chi connectivity index (χ4v) is 2.17.